The van der Waals surface area contributed by atoms with Crippen LogP contribution in [0, 0.1) is 0 Å². The van der Waals surface area contributed by atoms with Crippen molar-refractivity contribution >= 4 is 10.1 Å². The van der Waals surface area contributed by atoms with Crippen molar-refractivity contribution in [3.63, 3.8) is 0 Å². The average Bonchev–Trinajstić information content (AvgIpc) is 1.96. The summed E-state index contributed by atoms with van der Waals surface area (Å²) in [6.45, 7) is -0.329. The van der Waals surface area contributed by atoms with Crippen molar-refractivity contribution in [2.75, 3.05) is 12.4 Å². The van der Waals surface area contributed by atoms with Gasteiger partial charge in [-0.25, -0.2) is 8.42 Å². The minimum atomic E-state index is -4.12. The molecule has 0 spiro atoms. The SMILES string of the molecule is O=S(=O)([O-])CCCCC(O)CO.[Na+]. The van der Waals surface area contributed by atoms with E-state index in [2.05, 4.69) is 0 Å². The van der Waals surface area contributed by atoms with Gasteiger partial charge >= 0.3 is 29.6 Å². The predicted octanol–water partition coefficient (Wildman–Crippen LogP) is -3.94. The Morgan fingerprint density at radius 2 is 1.85 bits per heavy atom. The van der Waals surface area contributed by atoms with Gasteiger partial charge in [0.25, 0.3) is 0 Å². The zero-order valence-corrected chi connectivity index (χ0v) is 10.5. The van der Waals surface area contributed by atoms with E-state index < -0.39 is 22.0 Å². The number of rotatable bonds is 6. The molecule has 5 nitrogen and oxygen atoms in total. The number of hydrogen-bond donors (Lipinski definition) is 2. The summed E-state index contributed by atoms with van der Waals surface area (Å²) < 4.78 is 30.2. The van der Waals surface area contributed by atoms with E-state index in [1.54, 1.807) is 0 Å². The topological polar surface area (TPSA) is 97.7 Å². The maximum Gasteiger partial charge on any atom is 1.00 e. The second-order valence-corrected chi connectivity index (χ2v) is 4.12. The summed E-state index contributed by atoms with van der Waals surface area (Å²) in [5.74, 6) is -0.398. The Morgan fingerprint density at radius 1 is 1.31 bits per heavy atom. The zero-order valence-electron chi connectivity index (χ0n) is 7.64. The predicted molar refractivity (Wildman–Crippen MR) is 41.5 cm³/mol. The molecule has 13 heavy (non-hydrogen) atoms. The van der Waals surface area contributed by atoms with Crippen LogP contribution in [-0.4, -0.2) is 41.6 Å². The molecule has 0 aromatic rings. The molecule has 0 heterocycles. The second-order valence-electron chi connectivity index (χ2n) is 2.59. The minimum Gasteiger partial charge on any atom is -0.748 e. The third kappa shape index (κ3) is 12.8. The Morgan fingerprint density at radius 3 is 2.23 bits per heavy atom. The van der Waals surface area contributed by atoms with Crippen molar-refractivity contribution in [2.45, 2.75) is 25.4 Å². The van der Waals surface area contributed by atoms with Gasteiger partial charge in [-0.15, -0.1) is 0 Å². The molecule has 0 fully saturated rings. The van der Waals surface area contributed by atoms with Crippen molar-refractivity contribution in [1.29, 1.82) is 0 Å². The van der Waals surface area contributed by atoms with Crippen LogP contribution in [0.25, 0.3) is 0 Å². The van der Waals surface area contributed by atoms with Crippen molar-refractivity contribution in [2.24, 2.45) is 0 Å². The van der Waals surface area contributed by atoms with Gasteiger partial charge in [0.2, 0.25) is 0 Å². The summed E-state index contributed by atoms with van der Waals surface area (Å²) in [5.41, 5.74) is 0. The van der Waals surface area contributed by atoms with E-state index in [1.807, 2.05) is 0 Å². The molecule has 7 heteroatoms. The molecule has 1 atom stereocenters. The molecule has 0 aliphatic carbocycles. The smallest absolute Gasteiger partial charge is 0.748 e. The first kappa shape index (κ1) is 16.3. The fourth-order valence-corrected chi connectivity index (χ4v) is 1.31. The van der Waals surface area contributed by atoms with Crippen LogP contribution in [0.2, 0.25) is 0 Å². The second kappa shape index (κ2) is 8.16. The van der Waals surface area contributed by atoms with Crippen LogP contribution < -0.4 is 29.6 Å². The summed E-state index contributed by atoms with van der Waals surface area (Å²) in [4.78, 5) is 0. The van der Waals surface area contributed by atoms with Crippen LogP contribution in [0.4, 0.5) is 0 Å². The maximum absolute atomic E-state index is 10.1. The van der Waals surface area contributed by atoms with Gasteiger partial charge in [0.1, 0.15) is 0 Å². The molecule has 2 N–H and O–H groups in total. The molecule has 0 aromatic carbocycles. The number of hydrogen-bond acceptors (Lipinski definition) is 5. The first-order chi connectivity index (χ1) is 5.45. The molecule has 0 aliphatic heterocycles. The average molecular weight is 220 g/mol. The van der Waals surface area contributed by atoms with E-state index in [9.17, 15) is 13.0 Å². The summed E-state index contributed by atoms with van der Waals surface area (Å²) in [6.07, 6.45) is 0.192. The molecule has 0 amide bonds. The fraction of sp³-hybridized carbons (Fsp3) is 1.00. The van der Waals surface area contributed by atoms with E-state index in [0.717, 1.165) is 0 Å². The molecule has 0 radical (unpaired) electrons. The first-order valence-corrected chi connectivity index (χ1v) is 5.26. The molecule has 74 valence electrons. The molecule has 0 aliphatic rings. The van der Waals surface area contributed by atoms with Gasteiger partial charge in [-0.05, 0) is 19.3 Å². The van der Waals surface area contributed by atoms with Crippen LogP contribution in [0.15, 0.2) is 0 Å². The third-order valence-corrected chi connectivity index (χ3v) is 2.18. The molecule has 0 aromatic heterocycles. The van der Waals surface area contributed by atoms with Gasteiger partial charge in [0, 0.05) is 5.75 Å². The molecule has 0 rings (SSSR count). The maximum atomic E-state index is 10.1. The van der Waals surface area contributed by atoms with Crippen LogP contribution in [-0.2, 0) is 10.1 Å². The normalized spacial score (nSPS) is 13.5. The molecule has 0 bridgehead atoms. The monoisotopic (exact) mass is 220 g/mol. The molecule has 0 saturated carbocycles. The fourth-order valence-electron chi connectivity index (χ4n) is 0.750. The number of aliphatic hydroxyl groups excluding tert-OH is 2. The molecular weight excluding hydrogens is 207 g/mol. The Bertz CT molecular complexity index is 203. The van der Waals surface area contributed by atoms with Crippen molar-refractivity contribution in [1.82, 2.24) is 0 Å². The van der Waals surface area contributed by atoms with Crippen molar-refractivity contribution in [3.05, 3.63) is 0 Å². The van der Waals surface area contributed by atoms with Crippen LogP contribution in [0.1, 0.15) is 19.3 Å². The van der Waals surface area contributed by atoms with E-state index >= 15 is 0 Å². The van der Waals surface area contributed by atoms with Gasteiger partial charge in [0.05, 0.1) is 22.8 Å². The number of aliphatic hydroxyl groups is 2. The van der Waals surface area contributed by atoms with Gasteiger partial charge < -0.3 is 14.8 Å². The summed E-state index contributed by atoms with van der Waals surface area (Å²) >= 11 is 0. The molecule has 1 unspecified atom stereocenters. The van der Waals surface area contributed by atoms with Gasteiger partial charge in [-0.3, -0.25) is 0 Å². The van der Waals surface area contributed by atoms with E-state index in [-0.39, 0.29) is 42.6 Å². The first-order valence-electron chi connectivity index (χ1n) is 3.68. The number of unbranched alkanes of at least 4 members (excludes halogenated alkanes) is 1. The van der Waals surface area contributed by atoms with Crippen LogP contribution in [0.3, 0.4) is 0 Å². The summed E-state index contributed by atoms with van der Waals surface area (Å²) in [5, 5.41) is 17.2. The minimum absolute atomic E-state index is 0. The zero-order chi connectivity index (χ0) is 9.61. The van der Waals surface area contributed by atoms with Gasteiger partial charge in [-0.2, -0.15) is 0 Å². The Labute approximate surface area is 100 Å². The van der Waals surface area contributed by atoms with E-state index in [0.29, 0.717) is 12.8 Å². The third-order valence-electron chi connectivity index (χ3n) is 1.39. The summed E-state index contributed by atoms with van der Waals surface area (Å²) in [6, 6.07) is 0. The van der Waals surface area contributed by atoms with Gasteiger partial charge in [-0.1, -0.05) is 0 Å². The Hall–Kier alpha value is 0.830. The van der Waals surface area contributed by atoms with Crippen LogP contribution >= 0.6 is 0 Å². The van der Waals surface area contributed by atoms with E-state index in [4.69, 9.17) is 10.2 Å². The standard InChI is InChI=1S/C6H14O5S.Na/c7-5-6(8)3-1-2-4-12(9,10)11;/h6-8H,1-5H2,(H,9,10,11);/q;+1/p-1. The molecular formula is C6H13NaO5S. The van der Waals surface area contributed by atoms with Crippen molar-refractivity contribution < 1.29 is 52.7 Å². The van der Waals surface area contributed by atoms with Crippen molar-refractivity contribution in [3.8, 4) is 0 Å². The van der Waals surface area contributed by atoms with Gasteiger partial charge in [0.15, 0.2) is 0 Å². The Kier molecular flexibility index (Phi) is 10.2. The summed E-state index contributed by atoms with van der Waals surface area (Å²) in [7, 11) is -4.12. The van der Waals surface area contributed by atoms with Crippen LogP contribution in [0.5, 0.6) is 0 Å². The Balaban J connectivity index is 0. The quantitative estimate of drug-likeness (QED) is 0.270. The van der Waals surface area contributed by atoms with E-state index in [1.165, 1.54) is 0 Å². The molecule has 0 saturated heterocycles. The largest absolute Gasteiger partial charge is 1.00 e.